The number of anilines is 3. The minimum atomic E-state index is -0.0117. The van der Waals surface area contributed by atoms with Crippen LogP contribution in [0.1, 0.15) is 21.5 Å². The number of amides is 1. The zero-order valence-corrected chi connectivity index (χ0v) is 15.1. The maximum atomic E-state index is 13.0. The summed E-state index contributed by atoms with van der Waals surface area (Å²) in [5.74, 6) is 0.602. The van der Waals surface area contributed by atoms with Gasteiger partial charge in [0.05, 0.1) is 0 Å². The number of hydrogen-bond acceptors (Lipinski definition) is 3. The second kappa shape index (κ2) is 6.81. The lowest BCUT2D eigenvalue weighted by atomic mass is 10.1. The average Bonchev–Trinajstić information content (AvgIpc) is 3.08. The molecule has 0 atom stereocenters. The summed E-state index contributed by atoms with van der Waals surface area (Å²) in [6.07, 6.45) is 2.54. The van der Waals surface area contributed by atoms with Crippen LogP contribution in [0.4, 0.5) is 17.2 Å². The molecule has 5 heteroatoms. The summed E-state index contributed by atoms with van der Waals surface area (Å²) >= 11 is 6.17. The second-order valence-corrected chi connectivity index (χ2v) is 6.76. The molecular weight excluding hydrogens is 346 g/mol. The topological polar surface area (TPSA) is 45.2 Å². The number of nitrogens with zero attached hydrogens (tertiary/aromatic N) is 2. The minimum Gasteiger partial charge on any atom is -0.340 e. The summed E-state index contributed by atoms with van der Waals surface area (Å²) < 4.78 is 0. The molecule has 0 spiro atoms. The smallest absolute Gasteiger partial charge is 0.258 e. The van der Waals surface area contributed by atoms with E-state index in [9.17, 15) is 4.79 Å². The van der Waals surface area contributed by atoms with Crippen molar-refractivity contribution in [3.63, 3.8) is 0 Å². The van der Waals surface area contributed by atoms with Gasteiger partial charge in [0.25, 0.3) is 5.91 Å². The Morgan fingerprint density at radius 3 is 2.85 bits per heavy atom. The first-order valence-corrected chi connectivity index (χ1v) is 8.88. The van der Waals surface area contributed by atoms with Crippen molar-refractivity contribution in [1.29, 1.82) is 0 Å². The molecule has 1 amide bonds. The number of halogens is 1. The third kappa shape index (κ3) is 3.16. The van der Waals surface area contributed by atoms with Crippen LogP contribution in [0, 0.1) is 6.92 Å². The van der Waals surface area contributed by atoms with E-state index in [0.29, 0.717) is 22.9 Å². The zero-order valence-electron chi connectivity index (χ0n) is 14.4. The predicted molar refractivity (Wildman–Crippen MR) is 106 cm³/mol. The number of benzene rings is 2. The highest BCUT2D eigenvalue weighted by molar-refractivity contribution is 6.31. The Bertz CT molecular complexity index is 986. The summed E-state index contributed by atoms with van der Waals surface area (Å²) in [5.41, 5.74) is 4.67. The Hall–Kier alpha value is -2.85. The summed E-state index contributed by atoms with van der Waals surface area (Å²) in [6, 6.07) is 17.3. The van der Waals surface area contributed by atoms with Crippen molar-refractivity contribution >= 4 is 34.7 Å². The molecule has 2 heterocycles. The van der Waals surface area contributed by atoms with Crippen LogP contribution in [0.5, 0.6) is 0 Å². The van der Waals surface area contributed by atoms with E-state index in [1.54, 1.807) is 18.3 Å². The van der Waals surface area contributed by atoms with E-state index in [4.69, 9.17) is 11.6 Å². The molecule has 0 fully saturated rings. The number of aromatic nitrogens is 1. The number of fused-ring (bicyclic) bond motifs is 1. The molecule has 0 aliphatic carbocycles. The maximum absolute atomic E-state index is 13.0. The highest BCUT2D eigenvalue weighted by atomic mass is 35.5. The third-order valence-corrected chi connectivity index (χ3v) is 4.99. The lowest BCUT2D eigenvalue weighted by Gasteiger charge is -2.17. The van der Waals surface area contributed by atoms with Gasteiger partial charge in [-0.3, -0.25) is 4.79 Å². The van der Waals surface area contributed by atoms with Crippen LogP contribution in [0.25, 0.3) is 0 Å². The minimum absolute atomic E-state index is 0.0117. The number of nitrogens with one attached hydrogen (secondary N) is 1. The number of pyridine rings is 1. The lowest BCUT2D eigenvalue weighted by Crippen LogP contribution is -2.28. The van der Waals surface area contributed by atoms with Gasteiger partial charge in [-0.15, -0.1) is 0 Å². The molecule has 0 bridgehead atoms. The third-order valence-electron chi connectivity index (χ3n) is 4.58. The maximum Gasteiger partial charge on any atom is 0.258 e. The van der Waals surface area contributed by atoms with Crippen molar-refractivity contribution in [3.05, 3.63) is 82.5 Å². The number of carbonyl (C=O) groups excluding carboxylic acids is 1. The van der Waals surface area contributed by atoms with Gasteiger partial charge in [0.2, 0.25) is 0 Å². The van der Waals surface area contributed by atoms with Crippen molar-refractivity contribution in [2.45, 2.75) is 13.3 Å². The van der Waals surface area contributed by atoms with E-state index in [0.717, 1.165) is 23.4 Å². The van der Waals surface area contributed by atoms with Crippen LogP contribution < -0.4 is 10.2 Å². The van der Waals surface area contributed by atoms with Gasteiger partial charge in [-0.25, -0.2) is 4.98 Å². The molecule has 26 heavy (non-hydrogen) atoms. The molecule has 0 radical (unpaired) electrons. The standard InChI is InChI=1S/C21H18ClN3O/c1-14-6-7-17(13-18(14)22)24-20-12-16(8-10-23-20)21(26)25-11-9-15-4-2-3-5-19(15)25/h2-8,10,12-13H,9,11H2,1H3,(H,23,24). The largest absolute Gasteiger partial charge is 0.340 e. The molecule has 130 valence electrons. The Kier molecular flexibility index (Phi) is 4.35. The summed E-state index contributed by atoms with van der Waals surface area (Å²) in [6.45, 7) is 2.66. The Labute approximate surface area is 157 Å². The lowest BCUT2D eigenvalue weighted by molar-refractivity contribution is 0.0989. The van der Waals surface area contributed by atoms with Gasteiger partial charge in [0.1, 0.15) is 5.82 Å². The van der Waals surface area contributed by atoms with Crippen molar-refractivity contribution in [2.75, 3.05) is 16.8 Å². The van der Waals surface area contributed by atoms with E-state index < -0.39 is 0 Å². The molecule has 4 nitrogen and oxygen atoms in total. The number of hydrogen-bond donors (Lipinski definition) is 1. The normalized spacial score (nSPS) is 12.8. The van der Waals surface area contributed by atoms with Crippen LogP contribution in [0.15, 0.2) is 60.8 Å². The van der Waals surface area contributed by atoms with E-state index >= 15 is 0 Å². The molecular formula is C21H18ClN3O. The molecule has 1 aliphatic heterocycles. The van der Waals surface area contributed by atoms with Gasteiger partial charge in [-0.1, -0.05) is 35.9 Å². The molecule has 1 N–H and O–H groups in total. The quantitative estimate of drug-likeness (QED) is 0.713. The van der Waals surface area contributed by atoms with Crippen molar-refractivity contribution in [3.8, 4) is 0 Å². The second-order valence-electron chi connectivity index (χ2n) is 6.35. The first-order chi connectivity index (χ1) is 12.6. The van der Waals surface area contributed by atoms with Crippen LogP contribution in [0.3, 0.4) is 0 Å². The van der Waals surface area contributed by atoms with Crippen molar-refractivity contribution < 1.29 is 4.79 Å². The van der Waals surface area contributed by atoms with Gasteiger partial charge in [0.15, 0.2) is 0 Å². The van der Waals surface area contributed by atoms with Gasteiger partial charge in [-0.05, 0) is 54.8 Å². The highest BCUT2D eigenvalue weighted by Gasteiger charge is 2.25. The Morgan fingerprint density at radius 2 is 2.00 bits per heavy atom. The first-order valence-electron chi connectivity index (χ1n) is 8.51. The molecule has 2 aromatic carbocycles. The van der Waals surface area contributed by atoms with Crippen LogP contribution in [-0.2, 0) is 6.42 Å². The Balaban J connectivity index is 1.58. The molecule has 0 unspecified atom stereocenters. The fraction of sp³-hybridized carbons (Fsp3) is 0.143. The number of para-hydroxylation sites is 1. The molecule has 1 aromatic heterocycles. The first kappa shape index (κ1) is 16.6. The molecule has 3 aromatic rings. The molecule has 4 rings (SSSR count). The summed E-state index contributed by atoms with van der Waals surface area (Å²) in [4.78, 5) is 19.1. The predicted octanol–water partition coefficient (Wildman–Crippen LogP) is 4.99. The number of carbonyl (C=O) groups is 1. The Morgan fingerprint density at radius 1 is 1.15 bits per heavy atom. The fourth-order valence-corrected chi connectivity index (χ4v) is 3.34. The number of rotatable bonds is 3. The molecule has 0 saturated heterocycles. The summed E-state index contributed by atoms with van der Waals surface area (Å²) in [7, 11) is 0. The van der Waals surface area contributed by atoms with Crippen molar-refractivity contribution in [1.82, 2.24) is 4.98 Å². The van der Waals surface area contributed by atoms with Crippen LogP contribution in [0.2, 0.25) is 5.02 Å². The van der Waals surface area contributed by atoms with Gasteiger partial charge in [0, 0.05) is 34.7 Å². The summed E-state index contributed by atoms with van der Waals surface area (Å²) in [5, 5.41) is 3.90. The monoisotopic (exact) mass is 363 g/mol. The van der Waals surface area contributed by atoms with E-state index in [2.05, 4.69) is 16.4 Å². The van der Waals surface area contributed by atoms with Gasteiger partial charge >= 0.3 is 0 Å². The highest BCUT2D eigenvalue weighted by Crippen LogP contribution is 2.29. The van der Waals surface area contributed by atoms with E-state index in [1.807, 2.05) is 48.2 Å². The average molecular weight is 364 g/mol. The molecule has 1 aliphatic rings. The zero-order chi connectivity index (χ0) is 18.1. The fourth-order valence-electron chi connectivity index (χ4n) is 3.16. The number of aryl methyl sites for hydroxylation is 1. The van der Waals surface area contributed by atoms with Crippen LogP contribution in [-0.4, -0.2) is 17.4 Å². The van der Waals surface area contributed by atoms with Crippen molar-refractivity contribution in [2.24, 2.45) is 0 Å². The van der Waals surface area contributed by atoms with Gasteiger partial charge in [-0.2, -0.15) is 0 Å². The molecule has 0 saturated carbocycles. The van der Waals surface area contributed by atoms with Crippen LogP contribution >= 0.6 is 11.6 Å². The van der Waals surface area contributed by atoms with E-state index in [-0.39, 0.29) is 5.91 Å². The van der Waals surface area contributed by atoms with E-state index in [1.165, 1.54) is 5.56 Å². The van der Waals surface area contributed by atoms with Gasteiger partial charge < -0.3 is 10.2 Å². The SMILES string of the molecule is Cc1ccc(Nc2cc(C(=O)N3CCc4ccccc43)ccn2)cc1Cl.